The van der Waals surface area contributed by atoms with Gasteiger partial charge in [-0.25, -0.2) is 0 Å². The zero-order chi connectivity index (χ0) is 14.5. The maximum atomic E-state index is 9.29. The third-order valence-electron chi connectivity index (χ3n) is 3.38. The summed E-state index contributed by atoms with van der Waals surface area (Å²) in [6.45, 7) is 4.36. The molecule has 2 nitrogen and oxygen atoms in total. The molecule has 106 valence electrons. The maximum absolute atomic E-state index is 9.29. The Labute approximate surface area is 129 Å². The van der Waals surface area contributed by atoms with E-state index in [-0.39, 0.29) is 0 Å². The van der Waals surface area contributed by atoms with Crippen LogP contribution in [0.5, 0.6) is 5.75 Å². The van der Waals surface area contributed by atoms with Crippen molar-refractivity contribution >= 4 is 15.9 Å². The molecular formula is C17H20BrNO. The molecule has 2 N–H and O–H groups in total. The van der Waals surface area contributed by atoms with Gasteiger partial charge in [0.25, 0.3) is 0 Å². The lowest BCUT2D eigenvalue weighted by atomic mass is 10.0. The van der Waals surface area contributed by atoms with E-state index in [0.717, 1.165) is 10.9 Å². The normalized spacial score (nSPS) is 13.9. The zero-order valence-electron chi connectivity index (χ0n) is 11.8. The summed E-state index contributed by atoms with van der Waals surface area (Å²) in [5.74, 6) is 0.317. The first kappa shape index (κ1) is 15.1. The molecule has 0 saturated heterocycles. The molecule has 0 spiro atoms. The molecule has 0 bridgehead atoms. The zero-order valence-corrected chi connectivity index (χ0v) is 13.4. The van der Waals surface area contributed by atoms with Crippen LogP contribution < -0.4 is 5.32 Å². The van der Waals surface area contributed by atoms with Crippen molar-refractivity contribution in [3.05, 3.63) is 64.1 Å². The van der Waals surface area contributed by atoms with Crippen LogP contribution in [-0.4, -0.2) is 11.1 Å². The number of rotatable bonds is 5. The fourth-order valence-corrected chi connectivity index (χ4v) is 2.58. The van der Waals surface area contributed by atoms with Crippen molar-refractivity contribution in [3.8, 4) is 5.75 Å². The first-order valence-corrected chi connectivity index (χ1v) is 7.63. The highest BCUT2D eigenvalue weighted by Crippen LogP contribution is 2.18. The summed E-state index contributed by atoms with van der Waals surface area (Å²) >= 11 is 3.45. The van der Waals surface area contributed by atoms with Gasteiger partial charge in [-0.3, -0.25) is 0 Å². The standard InChI is InChI=1S/C17H20BrNO/c1-12(11-14-3-9-17(20)10-4-14)19-13(2)15-5-7-16(18)8-6-15/h3-10,12-13,19-20H,11H2,1-2H3/t12?,13-/m1/s1. The summed E-state index contributed by atoms with van der Waals surface area (Å²) in [6.07, 6.45) is 0.946. The van der Waals surface area contributed by atoms with E-state index >= 15 is 0 Å². The molecule has 0 saturated carbocycles. The topological polar surface area (TPSA) is 32.3 Å². The van der Waals surface area contributed by atoms with Gasteiger partial charge >= 0.3 is 0 Å². The van der Waals surface area contributed by atoms with Gasteiger partial charge in [-0.1, -0.05) is 40.2 Å². The number of benzene rings is 2. The minimum absolute atomic E-state index is 0.315. The predicted molar refractivity (Wildman–Crippen MR) is 87.0 cm³/mol. The number of phenolic OH excluding ortho intramolecular Hbond substituents is 1. The summed E-state index contributed by atoms with van der Waals surface area (Å²) in [7, 11) is 0. The molecule has 0 fully saturated rings. The molecule has 0 aliphatic carbocycles. The summed E-state index contributed by atoms with van der Waals surface area (Å²) in [5, 5.41) is 12.9. The van der Waals surface area contributed by atoms with E-state index in [1.54, 1.807) is 12.1 Å². The second-order valence-electron chi connectivity index (χ2n) is 5.21. The molecule has 2 aromatic rings. The fourth-order valence-electron chi connectivity index (χ4n) is 2.32. The molecule has 3 heteroatoms. The van der Waals surface area contributed by atoms with Crippen LogP contribution >= 0.6 is 15.9 Å². The van der Waals surface area contributed by atoms with E-state index in [0.29, 0.717) is 17.8 Å². The minimum atomic E-state index is 0.315. The third kappa shape index (κ3) is 4.36. The van der Waals surface area contributed by atoms with Gasteiger partial charge in [0.15, 0.2) is 0 Å². The van der Waals surface area contributed by atoms with E-state index < -0.39 is 0 Å². The van der Waals surface area contributed by atoms with Gasteiger partial charge in [-0.15, -0.1) is 0 Å². The van der Waals surface area contributed by atoms with Crippen LogP contribution in [0.2, 0.25) is 0 Å². The van der Waals surface area contributed by atoms with E-state index in [4.69, 9.17) is 0 Å². The van der Waals surface area contributed by atoms with Gasteiger partial charge in [0.1, 0.15) is 5.75 Å². The van der Waals surface area contributed by atoms with Crippen molar-refractivity contribution in [1.29, 1.82) is 0 Å². The van der Waals surface area contributed by atoms with Crippen molar-refractivity contribution in [2.24, 2.45) is 0 Å². The maximum Gasteiger partial charge on any atom is 0.115 e. The third-order valence-corrected chi connectivity index (χ3v) is 3.91. The lowest BCUT2D eigenvalue weighted by molar-refractivity contribution is 0.470. The Bertz CT molecular complexity index is 536. The summed E-state index contributed by atoms with van der Waals surface area (Å²) in [5.41, 5.74) is 2.51. The lowest BCUT2D eigenvalue weighted by Gasteiger charge is -2.20. The Hall–Kier alpha value is -1.32. The van der Waals surface area contributed by atoms with Gasteiger partial charge in [-0.2, -0.15) is 0 Å². The van der Waals surface area contributed by atoms with E-state index in [1.807, 2.05) is 12.1 Å². The number of hydrogen-bond donors (Lipinski definition) is 2. The molecule has 0 radical (unpaired) electrons. The summed E-state index contributed by atoms with van der Waals surface area (Å²) in [4.78, 5) is 0. The Morgan fingerprint density at radius 3 is 2.20 bits per heavy atom. The predicted octanol–water partition coefficient (Wildman–Crippen LogP) is 4.44. The Kier molecular flexibility index (Phi) is 5.21. The van der Waals surface area contributed by atoms with E-state index in [1.165, 1.54) is 11.1 Å². The van der Waals surface area contributed by atoms with Crippen LogP contribution in [0.3, 0.4) is 0 Å². The molecule has 2 aromatic carbocycles. The van der Waals surface area contributed by atoms with Crippen LogP contribution in [0.15, 0.2) is 53.0 Å². The highest BCUT2D eigenvalue weighted by atomic mass is 79.9. The van der Waals surface area contributed by atoms with Crippen LogP contribution in [-0.2, 0) is 6.42 Å². The second kappa shape index (κ2) is 6.91. The van der Waals surface area contributed by atoms with Gasteiger partial charge in [0.05, 0.1) is 0 Å². The molecule has 0 aliphatic rings. The van der Waals surface area contributed by atoms with E-state index in [2.05, 4.69) is 59.4 Å². The molecule has 0 amide bonds. The molecule has 20 heavy (non-hydrogen) atoms. The summed E-state index contributed by atoms with van der Waals surface area (Å²) in [6, 6.07) is 16.5. The van der Waals surface area contributed by atoms with E-state index in [9.17, 15) is 5.11 Å². The lowest BCUT2D eigenvalue weighted by Crippen LogP contribution is -2.30. The van der Waals surface area contributed by atoms with Crippen molar-refractivity contribution in [3.63, 3.8) is 0 Å². The largest absolute Gasteiger partial charge is 0.508 e. The highest BCUT2D eigenvalue weighted by molar-refractivity contribution is 9.10. The first-order chi connectivity index (χ1) is 9.54. The quantitative estimate of drug-likeness (QED) is 0.847. The van der Waals surface area contributed by atoms with Gasteiger partial charge in [0, 0.05) is 16.6 Å². The van der Waals surface area contributed by atoms with Crippen LogP contribution in [0.4, 0.5) is 0 Å². The highest BCUT2D eigenvalue weighted by Gasteiger charge is 2.10. The molecule has 0 aromatic heterocycles. The fraction of sp³-hybridized carbons (Fsp3) is 0.294. The smallest absolute Gasteiger partial charge is 0.115 e. The number of hydrogen-bond acceptors (Lipinski definition) is 2. The average molecular weight is 334 g/mol. The van der Waals surface area contributed by atoms with Crippen molar-refractivity contribution in [2.45, 2.75) is 32.4 Å². The van der Waals surface area contributed by atoms with Crippen molar-refractivity contribution in [1.82, 2.24) is 5.32 Å². The Morgan fingerprint density at radius 2 is 1.60 bits per heavy atom. The van der Waals surface area contributed by atoms with Crippen molar-refractivity contribution in [2.75, 3.05) is 0 Å². The number of nitrogens with one attached hydrogen (secondary N) is 1. The number of aromatic hydroxyl groups is 1. The van der Waals surface area contributed by atoms with Crippen LogP contribution in [0.25, 0.3) is 0 Å². The van der Waals surface area contributed by atoms with Gasteiger partial charge in [-0.05, 0) is 55.7 Å². The molecule has 1 unspecified atom stereocenters. The minimum Gasteiger partial charge on any atom is -0.508 e. The SMILES string of the molecule is CC(Cc1ccc(O)cc1)N[C@H](C)c1ccc(Br)cc1. The average Bonchev–Trinajstić information content (AvgIpc) is 2.42. The van der Waals surface area contributed by atoms with Crippen molar-refractivity contribution < 1.29 is 5.11 Å². The van der Waals surface area contributed by atoms with Crippen LogP contribution in [0, 0.1) is 0 Å². The van der Waals surface area contributed by atoms with Crippen LogP contribution in [0.1, 0.15) is 31.0 Å². The Balaban J connectivity index is 1.92. The summed E-state index contributed by atoms with van der Waals surface area (Å²) < 4.78 is 1.10. The Morgan fingerprint density at radius 1 is 1.00 bits per heavy atom. The molecule has 2 rings (SSSR count). The second-order valence-corrected chi connectivity index (χ2v) is 6.13. The monoisotopic (exact) mass is 333 g/mol. The first-order valence-electron chi connectivity index (χ1n) is 6.84. The molecule has 0 aliphatic heterocycles. The molecule has 2 atom stereocenters. The van der Waals surface area contributed by atoms with Gasteiger partial charge in [0.2, 0.25) is 0 Å². The number of halogens is 1. The van der Waals surface area contributed by atoms with Gasteiger partial charge < -0.3 is 10.4 Å². The number of phenols is 1. The molecular weight excluding hydrogens is 314 g/mol. The molecule has 0 heterocycles.